The predicted molar refractivity (Wildman–Crippen MR) is 80.9 cm³/mol. The lowest BCUT2D eigenvalue weighted by atomic mass is 10.0. The van der Waals surface area contributed by atoms with Gasteiger partial charge in [0, 0.05) is 24.8 Å². The Morgan fingerprint density at radius 3 is 2.42 bits per heavy atom. The molecular weight excluding hydrogens is 236 g/mol. The summed E-state index contributed by atoms with van der Waals surface area (Å²) in [5, 5.41) is 12.9. The van der Waals surface area contributed by atoms with Crippen molar-refractivity contribution in [2.45, 2.75) is 33.7 Å². The number of nitrogens with one attached hydrogen (secondary N) is 1. The van der Waals surface area contributed by atoms with Crippen LogP contribution < -0.4 is 10.2 Å². The standard InChI is InChI=1S/C16H26N2O/c1-11-5-13(3)16(14(4)6-11)18-8-12(2)7-17-15(9-18)10-19/h5-6,12,15,17,19H,7-10H2,1-4H3. The highest BCUT2D eigenvalue weighted by molar-refractivity contribution is 5.60. The number of benzene rings is 1. The molecule has 19 heavy (non-hydrogen) atoms. The van der Waals surface area contributed by atoms with Gasteiger partial charge >= 0.3 is 0 Å². The van der Waals surface area contributed by atoms with E-state index in [1.807, 2.05) is 0 Å². The molecule has 0 amide bonds. The molecule has 1 aromatic carbocycles. The minimum Gasteiger partial charge on any atom is -0.395 e. The van der Waals surface area contributed by atoms with Crippen LogP contribution >= 0.6 is 0 Å². The largest absolute Gasteiger partial charge is 0.395 e. The van der Waals surface area contributed by atoms with Gasteiger partial charge < -0.3 is 15.3 Å². The van der Waals surface area contributed by atoms with Crippen LogP contribution in [0.5, 0.6) is 0 Å². The van der Waals surface area contributed by atoms with Crippen LogP contribution in [-0.4, -0.2) is 37.4 Å². The molecule has 1 aliphatic rings. The minimum absolute atomic E-state index is 0.171. The molecule has 0 bridgehead atoms. The molecule has 0 saturated carbocycles. The third-order valence-electron chi connectivity index (χ3n) is 3.90. The first kappa shape index (κ1) is 14.4. The van der Waals surface area contributed by atoms with E-state index in [-0.39, 0.29) is 12.6 Å². The Bertz CT molecular complexity index is 421. The predicted octanol–water partition coefficient (Wildman–Crippen LogP) is 2.02. The fourth-order valence-corrected chi connectivity index (χ4v) is 3.19. The Hall–Kier alpha value is -1.06. The van der Waals surface area contributed by atoms with Crippen molar-refractivity contribution < 1.29 is 5.11 Å². The zero-order valence-electron chi connectivity index (χ0n) is 12.5. The van der Waals surface area contributed by atoms with Gasteiger partial charge in [-0.15, -0.1) is 0 Å². The first-order valence-electron chi connectivity index (χ1n) is 7.18. The lowest BCUT2D eigenvalue weighted by Crippen LogP contribution is -2.40. The van der Waals surface area contributed by atoms with Crippen LogP contribution in [0.3, 0.4) is 0 Å². The summed E-state index contributed by atoms with van der Waals surface area (Å²) < 4.78 is 0. The van der Waals surface area contributed by atoms with Crippen LogP contribution in [0.2, 0.25) is 0 Å². The van der Waals surface area contributed by atoms with Crippen molar-refractivity contribution in [3.63, 3.8) is 0 Å². The lowest BCUT2D eigenvalue weighted by Gasteiger charge is -2.30. The number of anilines is 1. The van der Waals surface area contributed by atoms with E-state index < -0.39 is 0 Å². The molecule has 2 unspecified atom stereocenters. The molecule has 1 heterocycles. The monoisotopic (exact) mass is 262 g/mol. The Morgan fingerprint density at radius 1 is 1.21 bits per heavy atom. The van der Waals surface area contributed by atoms with Crippen LogP contribution in [0.4, 0.5) is 5.69 Å². The maximum atomic E-state index is 9.46. The Morgan fingerprint density at radius 2 is 1.84 bits per heavy atom. The molecule has 0 radical (unpaired) electrons. The van der Waals surface area contributed by atoms with Crippen molar-refractivity contribution in [1.29, 1.82) is 0 Å². The van der Waals surface area contributed by atoms with Gasteiger partial charge in [0.1, 0.15) is 0 Å². The molecular formula is C16H26N2O. The lowest BCUT2D eigenvalue weighted by molar-refractivity contribution is 0.247. The molecule has 106 valence electrons. The van der Waals surface area contributed by atoms with E-state index in [1.165, 1.54) is 22.4 Å². The Labute approximate surface area is 116 Å². The number of rotatable bonds is 2. The molecule has 1 fully saturated rings. The van der Waals surface area contributed by atoms with Gasteiger partial charge in [-0.05, 0) is 44.4 Å². The van der Waals surface area contributed by atoms with Crippen molar-refractivity contribution in [2.24, 2.45) is 5.92 Å². The van der Waals surface area contributed by atoms with E-state index in [2.05, 4.69) is 50.0 Å². The van der Waals surface area contributed by atoms with Gasteiger partial charge in [-0.3, -0.25) is 0 Å². The maximum Gasteiger partial charge on any atom is 0.0601 e. The Balaban J connectivity index is 2.33. The smallest absolute Gasteiger partial charge is 0.0601 e. The molecule has 3 nitrogen and oxygen atoms in total. The number of hydrogen-bond donors (Lipinski definition) is 2. The van der Waals surface area contributed by atoms with Crippen LogP contribution in [0.25, 0.3) is 0 Å². The van der Waals surface area contributed by atoms with Gasteiger partial charge in [-0.2, -0.15) is 0 Å². The van der Waals surface area contributed by atoms with Crippen LogP contribution in [0.1, 0.15) is 23.6 Å². The van der Waals surface area contributed by atoms with E-state index in [0.29, 0.717) is 5.92 Å². The maximum absolute atomic E-state index is 9.46. The van der Waals surface area contributed by atoms with E-state index in [9.17, 15) is 5.11 Å². The van der Waals surface area contributed by atoms with Crippen LogP contribution in [0, 0.1) is 26.7 Å². The molecule has 0 aromatic heterocycles. The normalized spacial score (nSPS) is 24.4. The molecule has 2 rings (SSSR count). The van der Waals surface area contributed by atoms with E-state index in [1.54, 1.807) is 0 Å². The first-order chi connectivity index (χ1) is 9.01. The molecule has 1 aromatic rings. The van der Waals surface area contributed by atoms with E-state index in [0.717, 1.165) is 19.6 Å². The summed E-state index contributed by atoms with van der Waals surface area (Å²) in [6.07, 6.45) is 0. The second-order valence-corrected chi connectivity index (χ2v) is 6.05. The highest BCUT2D eigenvalue weighted by Gasteiger charge is 2.23. The highest BCUT2D eigenvalue weighted by Crippen LogP contribution is 2.28. The summed E-state index contributed by atoms with van der Waals surface area (Å²) in [7, 11) is 0. The van der Waals surface area contributed by atoms with Gasteiger partial charge in [-0.1, -0.05) is 24.6 Å². The van der Waals surface area contributed by atoms with Gasteiger partial charge in [0.25, 0.3) is 0 Å². The molecule has 1 aliphatic heterocycles. The third kappa shape index (κ3) is 3.28. The van der Waals surface area contributed by atoms with Crippen molar-refractivity contribution >= 4 is 5.69 Å². The van der Waals surface area contributed by atoms with Gasteiger partial charge in [0.2, 0.25) is 0 Å². The number of aliphatic hydroxyl groups excluding tert-OH is 1. The quantitative estimate of drug-likeness (QED) is 0.856. The number of hydrogen-bond acceptors (Lipinski definition) is 3. The second kappa shape index (κ2) is 5.93. The fraction of sp³-hybridized carbons (Fsp3) is 0.625. The summed E-state index contributed by atoms with van der Waals surface area (Å²) in [5.41, 5.74) is 5.34. The minimum atomic E-state index is 0.171. The highest BCUT2D eigenvalue weighted by atomic mass is 16.3. The molecule has 2 atom stereocenters. The second-order valence-electron chi connectivity index (χ2n) is 6.05. The first-order valence-corrected chi connectivity index (χ1v) is 7.18. The Kier molecular flexibility index (Phi) is 4.48. The number of aryl methyl sites for hydroxylation is 3. The fourth-order valence-electron chi connectivity index (χ4n) is 3.19. The summed E-state index contributed by atoms with van der Waals surface area (Å²) in [5.74, 6) is 0.594. The van der Waals surface area contributed by atoms with E-state index in [4.69, 9.17) is 0 Å². The molecule has 1 saturated heterocycles. The molecule has 2 N–H and O–H groups in total. The van der Waals surface area contributed by atoms with Crippen molar-refractivity contribution in [2.75, 3.05) is 31.1 Å². The van der Waals surface area contributed by atoms with Crippen LogP contribution in [0.15, 0.2) is 12.1 Å². The zero-order valence-corrected chi connectivity index (χ0v) is 12.5. The average molecular weight is 262 g/mol. The van der Waals surface area contributed by atoms with Crippen molar-refractivity contribution in [3.05, 3.63) is 28.8 Å². The molecule has 3 heteroatoms. The topological polar surface area (TPSA) is 35.5 Å². The summed E-state index contributed by atoms with van der Waals surface area (Å²) in [6.45, 7) is 11.9. The summed E-state index contributed by atoms with van der Waals surface area (Å²) in [6, 6.07) is 4.67. The average Bonchev–Trinajstić information content (AvgIpc) is 2.49. The van der Waals surface area contributed by atoms with Crippen LogP contribution in [-0.2, 0) is 0 Å². The summed E-state index contributed by atoms with van der Waals surface area (Å²) >= 11 is 0. The SMILES string of the molecule is Cc1cc(C)c(N2CC(C)CNC(CO)C2)c(C)c1. The summed E-state index contributed by atoms with van der Waals surface area (Å²) in [4.78, 5) is 2.44. The van der Waals surface area contributed by atoms with Gasteiger partial charge in [0.15, 0.2) is 0 Å². The number of nitrogens with zero attached hydrogens (tertiary/aromatic N) is 1. The zero-order chi connectivity index (χ0) is 14.0. The van der Waals surface area contributed by atoms with Gasteiger partial charge in [0.05, 0.1) is 6.61 Å². The number of aliphatic hydroxyl groups is 1. The van der Waals surface area contributed by atoms with E-state index >= 15 is 0 Å². The van der Waals surface area contributed by atoms with Crippen molar-refractivity contribution in [3.8, 4) is 0 Å². The third-order valence-corrected chi connectivity index (χ3v) is 3.90. The molecule has 0 spiro atoms. The van der Waals surface area contributed by atoms with Gasteiger partial charge in [-0.25, -0.2) is 0 Å². The molecule has 0 aliphatic carbocycles. The van der Waals surface area contributed by atoms with Crippen molar-refractivity contribution in [1.82, 2.24) is 5.32 Å².